The fourth-order valence-electron chi connectivity index (χ4n) is 3.59. The van der Waals surface area contributed by atoms with Crippen LogP contribution in [0.25, 0.3) is 0 Å². The molecule has 31 heavy (non-hydrogen) atoms. The van der Waals surface area contributed by atoms with Gasteiger partial charge in [-0.15, -0.1) is 0 Å². The number of aliphatic hydroxyl groups is 1. The zero-order valence-electron chi connectivity index (χ0n) is 18.2. The van der Waals surface area contributed by atoms with Gasteiger partial charge in [0, 0.05) is 44.3 Å². The van der Waals surface area contributed by atoms with Gasteiger partial charge in [-0.1, -0.05) is 42.8 Å². The van der Waals surface area contributed by atoms with Crippen LogP contribution in [-0.2, 0) is 17.7 Å². The van der Waals surface area contributed by atoms with E-state index in [2.05, 4.69) is 41.0 Å². The second-order valence-corrected chi connectivity index (χ2v) is 8.21. The first-order valence-electron chi connectivity index (χ1n) is 10.8. The monoisotopic (exact) mass is 467 g/mol. The molecule has 1 unspecified atom stereocenters. The molecular weight excluding hydrogens is 435 g/mol. The minimum atomic E-state index is -0.475. The third kappa shape index (κ3) is 9.36. The molecule has 0 aromatic heterocycles. The van der Waals surface area contributed by atoms with E-state index in [4.69, 9.17) is 21.1 Å². The average Bonchev–Trinajstić information content (AvgIpc) is 2.77. The van der Waals surface area contributed by atoms with Crippen LogP contribution in [0.3, 0.4) is 0 Å². The van der Waals surface area contributed by atoms with Crippen molar-refractivity contribution in [2.45, 2.75) is 26.0 Å². The van der Waals surface area contributed by atoms with Crippen molar-refractivity contribution in [3.05, 3.63) is 64.7 Å². The summed E-state index contributed by atoms with van der Waals surface area (Å²) >= 11 is 5.95. The summed E-state index contributed by atoms with van der Waals surface area (Å²) in [6, 6.07) is 16.2. The number of hydrogen-bond donors (Lipinski definition) is 1. The van der Waals surface area contributed by atoms with Crippen molar-refractivity contribution in [1.82, 2.24) is 9.80 Å². The molecule has 0 spiro atoms. The molecule has 0 amide bonds. The fraction of sp³-hybridized carbons (Fsp3) is 0.500. The van der Waals surface area contributed by atoms with Crippen LogP contribution in [0.5, 0.6) is 5.75 Å². The lowest BCUT2D eigenvalue weighted by Crippen LogP contribution is -3.00. The highest BCUT2D eigenvalue weighted by Crippen LogP contribution is 2.14. The molecule has 1 atom stereocenters. The first-order chi connectivity index (χ1) is 14.6. The number of benzene rings is 2. The Kier molecular flexibility index (Phi) is 11.7. The Hall–Kier alpha value is -1.34. The third-order valence-electron chi connectivity index (χ3n) is 5.39. The van der Waals surface area contributed by atoms with Crippen molar-refractivity contribution in [2.24, 2.45) is 0 Å². The smallest absolute Gasteiger partial charge is 0.119 e. The molecule has 1 heterocycles. The summed E-state index contributed by atoms with van der Waals surface area (Å²) in [4.78, 5) is 4.74. The van der Waals surface area contributed by atoms with E-state index in [1.54, 1.807) is 0 Å². The van der Waals surface area contributed by atoms with Crippen LogP contribution >= 0.6 is 11.6 Å². The van der Waals surface area contributed by atoms with Crippen LogP contribution in [0.4, 0.5) is 0 Å². The van der Waals surface area contributed by atoms with Crippen LogP contribution in [0.15, 0.2) is 48.5 Å². The highest BCUT2D eigenvalue weighted by molar-refractivity contribution is 6.30. The van der Waals surface area contributed by atoms with E-state index in [1.165, 1.54) is 11.1 Å². The Morgan fingerprint density at radius 3 is 2.16 bits per heavy atom. The quantitative estimate of drug-likeness (QED) is 0.487. The first kappa shape index (κ1) is 25.9. The van der Waals surface area contributed by atoms with Crippen LogP contribution in [-0.4, -0.2) is 73.6 Å². The molecule has 0 radical (unpaired) electrons. The molecule has 3 rings (SSSR count). The Morgan fingerprint density at radius 1 is 0.903 bits per heavy atom. The number of aliphatic hydroxyl groups excluding tert-OH is 1. The Labute approximate surface area is 197 Å². The van der Waals surface area contributed by atoms with Crippen molar-refractivity contribution < 1.29 is 27.0 Å². The molecular formula is C24H33Cl2N2O3-. The van der Waals surface area contributed by atoms with Gasteiger partial charge >= 0.3 is 0 Å². The van der Waals surface area contributed by atoms with E-state index in [1.807, 2.05) is 24.3 Å². The Balaban J connectivity index is 0.00000341. The number of ether oxygens (including phenoxy) is 2. The molecule has 2 aromatic rings. The second-order valence-electron chi connectivity index (χ2n) is 7.78. The average molecular weight is 468 g/mol. The van der Waals surface area contributed by atoms with Gasteiger partial charge in [-0.2, -0.15) is 0 Å². The van der Waals surface area contributed by atoms with E-state index in [-0.39, 0.29) is 12.4 Å². The zero-order valence-corrected chi connectivity index (χ0v) is 19.7. The number of rotatable bonds is 11. The maximum absolute atomic E-state index is 10.3. The van der Waals surface area contributed by atoms with E-state index in [0.29, 0.717) is 26.4 Å². The van der Waals surface area contributed by atoms with Gasteiger partial charge in [0.2, 0.25) is 0 Å². The predicted molar refractivity (Wildman–Crippen MR) is 121 cm³/mol. The lowest BCUT2D eigenvalue weighted by atomic mass is 10.2. The number of hydrogen-bond acceptors (Lipinski definition) is 5. The normalized spacial score (nSPS) is 16.0. The van der Waals surface area contributed by atoms with E-state index >= 15 is 0 Å². The molecule has 0 bridgehead atoms. The number of piperazine rings is 1. The maximum Gasteiger partial charge on any atom is 0.119 e. The fourth-order valence-corrected chi connectivity index (χ4v) is 3.71. The topological polar surface area (TPSA) is 45.2 Å². The summed E-state index contributed by atoms with van der Waals surface area (Å²) in [6.45, 7) is 8.94. The van der Waals surface area contributed by atoms with Crippen molar-refractivity contribution in [1.29, 1.82) is 0 Å². The molecule has 2 aromatic carbocycles. The van der Waals surface area contributed by atoms with Crippen molar-refractivity contribution in [3.63, 3.8) is 0 Å². The summed E-state index contributed by atoms with van der Waals surface area (Å²) in [6.07, 6.45) is 0.551. The largest absolute Gasteiger partial charge is 1.00 e. The summed E-state index contributed by atoms with van der Waals surface area (Å²) in [5, 5.41) is 11.0. The van der Waals surface area contributed by atoms with Crippen molar-refractivity contribution in [3.8, 4) is 5.75 Å². The summed E-state index contributed by atoms with van der Waals surface area (Å²) in [5.74, 6) is 0.854. The van der Waals surface area contributed by atoms with Gasteiger partial charge in [0.05, 0.1) is 19.3 Å². The zero-order chi connectivity index (χ0) is 21.2. The van der Waals surface area contributed by atoms with Crippen LogP contribution < -0.4 is 17.1 Å². The second kappa shape index (κ2) is 13.9. The van der Waals surface area contributed by atoms with Gasteiger partial charge in [0.25, 0.3) is 0 Å². The SMILES string of the molecule is CCc1ccc(OCCOCC(O)CN2CCN(Cc3ccc(Cl)cc3)CC2)cc1.[Cl-]. The highest BCUT2D eigenvalue weighted by Gasteiger charge is 2.19. The van der Waals surface area contributed by atoms with Gasteiger partial charge in [0.15, 0.2) is 0 Å². The van der Waals surface area contributed by atoms with Gasteiger partial charge in [-0.3, -0.25) is 9.80 Å². The molecule has 1 fully saturated rings. The molecule has 0 aliphatic carbocycles. The van der Waals surface area contributed by atoms with Gasteiger partial charge < -0.3 is 27.0 Å². The summed E-state index contributed by atoms with van der Waals surface area (Å²) in [7, 11) is 0. The Bertz CT molecular complexity index is 735. The number of halogens is 2. The first-order valence-corrected chi connectivity index (χ1v) is 11.2. The van der Waals surface area contributed by atoms with Gasteiger partial charge in [0.1, 0.15) is 12.4 Å². The summed E-state index contributed by atoms with van der Waals surface area (Å²) in [5.41, 5.74) is 2.58. The molecule has 1 N–H and O–H groups in total. The predicted octanol–water partition coefficient (Wildman–Crippen LogP) is 0.481. The minimum Gasteiger partial charge on any atom is -1.00 e. The molecule has 1 saturated heterocycles. The number of nitrogens with zero attached hydrogens (tertiary/aromatic N) is 2. The van der Waals surface area contributed by atoms with Crippen LogP contribution in [0.2, 0.25) is 5.02 Å². The highest BCUT2D eigenvalue weighted by atomic mass is 35.5. The maximum atomic E-state index is 10.3. The van der Waals surface area contributed by atoms with E-state index in [9.17, 15) is 5.11 Å². The number of β-amino-alcohol motifs (C(OH)–C–C–N with tert-alkyl or cyclic N) is 1. The number of aryl methyl sites for hydroxylation is 1. The molecule has 1 aliphatic heterocycles. The van der Waals surface area contributed by atoms with Gasteiger partial charge in [-0.25, -0.2) is 0 Å². The van der Waals surface area contributed by atoms with E-state index < -0.39 is 6.10 Å². The van der Waals surface area contributed by atoms with Crippen molar-refractivity contribution in [2.75, 3.05) is 52.5 Å². The van der Waals surface area contributed by atoms with Crippen molar-refractivity contribution >= 4 is 11.6 Å². The third-order valence-corrected chi connectivity index (χ3v) is 5.64. The molecule has 0 saturated carbocycles. The van der Waals surface area contributed by atoms with Crippen LogP contribution in [0.1, 0.15) is 18.1 Å². The Morgan fingerprint density at radius 2 is 1.52 bits per heavy atom. The lowest BCUT2D eigenvalue weighted by molar-refractivity contribution is -0.000532. The standard InChI is InChI=1S/C24H33ClN2O3.ClH/c1-2-20-5-9-24(10-6-20)30-16-15-29-19-23(28)18-27-13-11-26(12-14-27)17-21-3-7-22(25)8-4-21;/h3-10,23,28H,2,11-19H2,1H3;1H/p-1. The molecule has 5 nitrogen and oxygen atoms in total. The van der Waals surface area contributed by atoms with Crippen LogP contribution in [0, 0.1) is 0 Å². The lowest BCUT2D eigenvalue weighted by Gasteiger charge is -2.35. The minimum absolute atomic E-state index is 0. The van der Waals surface area contributed by atoms with Gasteiger partial charge in [-0.05, 0) is 41.8 Å². The summed E-state index contributed by atoms with van der Waals surface area (Å²) < 4.78 is 11.3. The molecule has 7 heteroatoms. The molecule has 1 aliphatic rings. The van der Waals surface area contributed by atoms with E-state index in [0.717, 1.165) is 49.9 Å². The molecule has 172 valence electrons.